The smallest absolute Gasteiger partial charge is 0.348 e. The molecular formula is C21H21N3O6S. The van der Waals surface area contributed by atoms with Gasteiger partial charge in [-0.2, -0.15) is 5.26 Å². The second-order valence-electron chi connectivity index (χ2n) is 6.67. The van der Waals surface area contributed by atoms with Crippen LogP contribution in [0.3, 0.4) is 0 Å². The number of carbonyl (C=O) groups excluding carboxylic acids is 3. The molecule has 9 nitrogen and oxygen atoms in total. The van der Waals surface area contributed by atoms with Gasteiger partial charge in [-0.25, -0.2) is 4.79 Å². The van der Waals surface area contributed by atoms with Crippen molar-refractivity contribution in [1.82, 2.24) is 0 Å². The largest absolute Gasteiger partial charge is 0.495 e. The van der Waals surface area contributed by atoms with E-state index in [2.05, 4.69) is 0 Å². The Labute approximate surface area is 182 Å². The number of anilines is 2. The fourth-order valence-electron chi connectivity index (χ4n) is 3.32. The molecular weight excluding hydrogens is 422 g/mol. The van der Waals surface area contributed by atoms with Crippen LogP contribution in [0.5, 0.6) is 5.75 Å². The molecule has 0 unspecified atom stereocenters. The molecule has 31 heavy (non-hydrogen) atoms. The number of esters is 2. The van der Waals surface area contributed by atoms with Gasteiger partial charge in [-0.15, -0.1) is 11.3 Å². The zero-order valence-corrected chi connectivity index (χ0v) is 17.9. The van der Waals surface area contributed by atoms with Crippen molar-refractivity contribution in [1.29, 1.82) is 5.26 Å². The molecule has 1 amide bonds. The van der Waals surface area contributed by atoms with E-state index < -0.39 is 17.9 Å². The van der Waals surface area contributed by atoms with Crippen LogP contribution in [0, 0.1) is 17.2 Å². The standard InChI is InChI=1S/C21H21N3O6S/c1-3-29-21(27)18-14(13(9-22)19(23)31-18)11-30-20(26)12-8-17(25)24(10-12)15-6-4-5-7-16(15)28-2/h4-7,12H,3,8,10-11,23H2,1-2H3/t12-/m0/s1. The molecule has 0 radical (unpaired) electrons. The predicted molar refractivity (Wildman–Crippen MR) is 113 cm³/mol. The lowest BCUT2D eigenvalue weighted by Gasteiger charge is -2.19. The summed E-state index contributed by atoms with van der Waals surface area (Å²) in [5.74, 6) is -1.63. The van der Waals surface area contributed by atoms with Gasteiger partial charge in [-0.3, -0.25) is 9.59 Å². The number of amides is 1. The van der Waals surface area contributed by atoms with E-state index in [0.29, 0.717) is 11.4 Å². The van der Waals surface area contributed by atoms with Gasteiger partial charge in [0, 0.05) is 18.5 Å². The topological polar surface area (TPSA) is 132 Å². The number of methoxy groups -OCH3 is 1. The number of carbonyl (C=O) groups is 3. The summed E-state index contributed by atoms with van der Waals surface area (Å²) in [5, 5.41) is 9.51. The Bertz CT molecular complexity index is 1060. The fraction of sp³-hybridized carbons (Fsp3) is 0.333. The van der Waals surface area contributed by atoms with Gasteiger partial charge in [0.1, 0.15) is 28.3 Å². The van der Waals surface area contributed by atoms with Gasteiger partial charge < -0.3 is 24.8 Å². The van der Waals surface area contributed by atoms with Crippen LogP contribution in [0.4, 0.5) is 10.7 Å². The normalized spacial score (nSPS) is 15.5. The highest BCUT2D eigenvalue weighted by atomic mass is 32.1. The highest BCUT2D eigenvalue weighted by molar-refractivity contribution is 7.18. The van der Waals surface area contributed by atoms with Crippen LogP contribution in [-0.2, 0) is 25.7 Å². The van der Waals surface area contributed by atoms with Crippen LogP contribution in [0.25, 0.3) is 0 Å². The number of nitrogens with zero attached hydrogens (tertiary/aromatic N) is 2. The third-order valence-corrected chi connectivity index (χ3v) is 5.84. The van der Waals surface area contributed by atoms with E-state index in [9.17, 15) is 19.6 Å². The minimum absolute atomic E-state index is 0.0154. The summed E-state index contributed by atoms with van der Waals surface area (Å²) in [4.78, 5) is 38.9. The van der Waals surface area contributed by atoms with E-state index in [4.69, 9.17) is 19.9 Å². The Balaban J connectivity index is 1.73. The van der Waals surface area contributed by atoms with E-state index in [1.165, 1.54) is 12.0 Å². The molecule has 0 aliphatic carbocycles. The number of hydrogen-bond donors (Lipinski definition) is 1. The van der Waals surface area contributed by atoms with Gasteiger partial charge in [0.15, 0.2) is 0 Å². The minimum atomic E-state index is -0.690. The third kappa shape index (κ3) is 4.46. The average molecular weight is 443 g/mol. The van der Waals surface area contributed by atoms with Crippen LogP contribution >= 0.6 is 11.3 Å². The van der Waals surface area contributed by atoms with Crippen molar-refractivity contribution in [2.45, 2.75) is 20.0 Å². The van der Waals surface area contributed by atoms with Gasteiger partial charge in [0.05, 0.1) is 30.9 Å². The maximum absolute atomic E-state index is 12.6. The summed E-state index contributed by atoms with van der Waals surface area (Å²) in [6.07, 6.45) is -0.0154. The van der Waals surface area contributed by atoms with Crippen molar-refractivity contribution < 1.29 is 28.6 Å². The van der Waals surface area contributed by atoms with E-state index in [1.54, 1.807) is 31.2 Å². The molecule has 10 heteroatoms. The number of thiophene rings is 1. The van der Waals surface area contributed by atoms with Crippen LogP contribution in [-0.4, -0.2) is 38.1 Å². The first-order valence-electron chi connectivity index (χ1n) is 9.49. The zero-order valence-electron chi connectivity index (χ0n) is 17.0. The number of rotatable bonds is 7. The molecule has 1 aliphatic rings. The van der Waals surface area contributed by atoms with Gasteiger partial charge in [0.25, 0.3) is 0 Å². The maximum Gasteiger partial charge on any atom is 0.348 e. The number of nitrogen functional groups attached to an aromatic ring is 1. The molecule has 1 fully saturated rings. The van der Waals surface area contributed by atoms with Gasteiger partial charge in [-0.1, -0.05) is 12.1 Å². The number of nitrogens with two attached hydrogens (primary N) is 1. The highest BCUT2D eigenvalue weighted by Gasteiger charge is 2.37. The Morgan fingerprint density at radius 2 is 2.06 bits per heavy atom. The summed E-state index contributed by atoms with van der Waals surface area (Å²) in [6, 6.07) is 8.97. The van der Waals surface area contributed by atoms with Crippen LogP contribution < -0.4 is 15.4 Å². The van der Waals surface area contributed by atoms with Crippen molar-refractivity contribution in [2.75, 3.05) is 30.9 Å². The summed E-state index contributed by atoms with van der Waals surface area (Å²) in [7, 11) is 1.51. The number of nitriles is 1. The molecule has 1 atom stereocenters. The van der Waals surface area contributed by atoms with E-state index in [-0.39, 0.29) is 53.1 Å². The lowest BCUT2D eigenvalue weighted by Crippen LogP contribution is -2.26. The quantitative estimate of drug-likeness (QED) is 0.646. The number of ether oxygens (including phenoxy) is 3. The molecule has 2 aromatic rings. The van der Waals surface area contributed by atoms with E-state index in [1.807, 2.05) is 6.07 Å². The van der Waals surface area contributed by atoms with Crippen LogP contribution in [0.15, 0.2) is 24.3 Å². The van der Waals surface area contributed by atoms with Crippen molar-refractivity contribution in [3.63, 3.8) is 0 Å². The van der Waals surface area contributed by atoms with Gasteiger partial charge in [-0.05, 0) is 19.1 Å². The molecule has 1 aromatic heterocycles. The van der Waals surface area contributed by atoms with E-state index >= 15 is 0 Å². The monoisotopic (exact) mass is 443 g/mol. The number of benzene rings is 1. The highest BCUT2D eigenvalue weighted by Crippen LogP contribution is 2.34. The fourth-order valence-corrected chi connectivity index (χ4v) is 4.24. The van der Waals surface area contributed by atoms with Crippen LogP contribution in [0.1, 0.15) is 34.1 Å². The summed E-state index contributed by atoms with van der Waals surface area (Å²) >= 11 is 0.913. The third-order valence-electron chi connectivity index (χ3n) is 4.80. The SMILES string of the molecule is CCOC(=O)c1sc(N)c(C#N)c1COC(=O)[C@H]1CC(=O)N(c2ccccc2OC)C1. The number of para-hydroxylation sites is 2. The molecule has 1 aromatic carbocycles. The van der Waals surface area contributed by atoms with Crippen molar-refractivity contribution in [3.05, 3.63) is 40.3 Å². The lowest BCUT2D eigenvalue weighted by molar-refractivity contribution is -0.149. The van der Waals surface area contributed by atoms with Crippen molar-refractivity contribution >= 4 is 39.9 Å². The van der Waals surface area contributed by atoms with E-state index in [0.717, 1.165) is 11.3 Å². The zero-order chi connectivity index (χ0) is 22.5. The first-order valence-corrected chi connectivity index (χ1v) is 10.3. The molecule has 2 N–H and O–H groups in total. The van der Waals surface area contributed by atoms with Crippen LogP contribution in [0.2, 0.25) is 0 Å². The number of hydrogen-bond acceptors (Lipinski definition) is 9. The lowest BCUT2D eigenvalue weighted by atomic mass is 10.1. The Kier molecular flexibility index (Phi) is 6.77. The molecule has 1 saturated heterocycles. The van der Waals surface area contributed by atoms with Gasteiger partial charge >= 0.3 is 11.9 Å². The summed E-state index contributed by atoms with van der Waals surface area (Å²) in [5.41, 5.74) is 6.70. The predicted octanol–water partition coefficient (Wildman–Crippen LogP) is 2.48. The molecule has 162 valence electrons. The first-order chi connectivity index (χ1) is 14.9. The molecule has 1 aliphatic heterocycles. The first kappa shape index (κ1) is 22.1. The van der Waals surface area contributed by atoms with Crippen molar-refractivity contribution in [3.8, 4) is 11.8 Å². The van der Waals surface area contributed by atoms with Gasteiger partial charge in [0.2, 0.25) is 5.91 Å². The Morgan fingerprint density at radius 1 is 1.32 bits per heavy atom. The molecule has 3 rings (SSSR count). The molecule has 0 spiro atoms. The molecule has 0 bridgehead atoms. The van der Waals surface area contributed by atoms with Crippen molar-refractivity contribution in [2.24, 2.45) is 5.92 Å². The molecule has 2 heterocycles. The summed E-state index contributed by atoms with van der Waals surface area (Å²) < 4.78 is 15.7. The second kappa shape index (κ2) is 9.49. The molecule has 0 saturated carbocycles. The average Bonchev–Trinajstić information content (AvgIpc) is 3.31. The Morgan fingerprint density at radius 3 is 2.74 bits per heavy atom. The second-order valence-corrected chi connectivity index (χ2v) is 7.72. The maximum atomic E-state index is 12.6. The Hall–Kier alpha value is -3.58. The minimum Gasteiger partial charge on any atom is -0.495 e. The summed E-state index contributed by atoms with van der Waals surface area (Å²) in [6.45, 7) is 1.63.